The number of hydrogen-bond donors (Lipinski definition) is 2. The van der Waals surface area contributed by atoms with Crippen molar-refractivity contribution in [3.8, 4) is 0 Å². The Labute approximate surface area is 336 Å². The molecule has 0 radical (unpaired) electrons. The van der Waals surface area contributed by atoms with Gasteiger partial charge in [0, 0.05) is 23.6 Å². The van der Waals surface area contributed by atoms with Crippen LogP contribution in [0.3, 0.4) is 0 Å². The third-order valence-corrected chi connectivity index (χ3v) is 10.3. The molecular weight excluding hydrogens is 786 g/mol. The van der Waals surface area contributed by atoms with Gasteiger partial charge in [-0.05, 0) is 45.7 Å². The van der Waals surface area contributed by atoms with Crippen molar-refractivity contribution < 1.29 is 47.8 Å². The maximum Gasteiger partial charge on any atom is 0.356 e. The number of ether oxygens (including phenoxy) is 3. The highest BCUT2D eigenvalue weighted by molar-refractivity contribution is 8.00. The summed E-state index contributed by atoms with van der Waals surface area (Å²) < 4.78 is 16.8. The molecule has 3 aromatic rings. The van der Waals surface area contributed by atoms with Crippen LogP contribution in [0.5, 0.6) is 0 Å². The Morgan fingerprint density at radius 1 is 1.00 bits per heavy atom. The largest absolute Gasteiger partial charge is 0.461 e. The average molecular weight is 826 g/mol. The van der Waals surface area contributed by atoms with E-state index < -0.39 is 70.1 Å². The summed E-state index contributed by atoms with van der Waals surface area (Å²) in [6.07, 6.45) is -0.840. The molecular formula is C38H40ClN5O10S2. The molecule has 2 aliphatic rings. The summed E-state index contributed by atoms with van der Waals surface area (Å²) in [6, 6.07) is 17.0. The van der Waals surface area contributed by atoms with E-state index in [1.807, 2.05) is 60.7 Å². The van der Waals surface area contributed by atoms with Crippen molar-refractivity contribution in [2.75, 3.05) is 23.6 Å². The Morgan fingerprint density at radius 3 is 2.20 bits per heavy atom. The van der Waals surface area contributed by atoms with Crippen LogP contribution in [-0.2, 0) is 47.8 Å². The Morgan fingerprint density at radius 2 is 1.62 bits per heavy atom. The average Bonchev–Trinajstić information content (AvgIpc) is 3.62. The number of benzene rings is 2. The van der Waals surface area contributed by atoms with Crippen LogP contribution in [-0.4, -0.2) is 92.1 Å². The lowest BCUT2D eigenvalue weighted by molar-refractivity contribution is -0.179. The number of nitrogens with zero attached hydrogens (tertiary/aromatic N) is 3. The molecule has 3 heterocycles. The minimum absolute atomic E-state index is 0.0435. The monoisotopic (exact) mass is 825 g/mol. The Hall–Kier alpha value is -5.26. The number of hydrogen-bond acceptors (Lipinski definition) is 14. The molecule has 3 amide bonds. The first-order chi connectivity index (χ1) is 26.5. The molecule has 0 bridgehead atoms. The first-order valence-electron chi connectivity index (χ1n) is 17.2. The second kappa shape index (κ2) is 17.7. The van der Waals surface area contributed by atoms with Gasteiger partial charge in [0.2, 0.25) is 11.5 Å². The second-order valence-electron chi connectivity index (χ2n) is 14.0. The van der Waals surface area contributed by atoms with E-state index in [-0.39, 0.29) is 34.8 Å². The predicted molar refractivity (Wildman–Crippen MR) is 209 cm³/mol. The summed E-state index contributed by atoms with van der Waals surface area (Å²) >= 11 is 7.83. The number of thiazole rings is 1. The minimum Gasteiger partial charge on any atom is -0.461 e. The zero-order valence-corrected chi connectivity index (χ0v) is 33.7. The van der Waals surface area contributed by atoms with E-state index >= 15 is 0 Å². The van der Waals surface area contributed by atoms with Crippen LogP contribution in [0.2, 0.25) is 0 Å². The smallest absolute Gasteiger partial charge is 0.356 e. The van der Waals surface area contributed by atoms with Gasteiger partial charge in [-0.1, -0.05) is 65.8 Å². The summed E-state index contributed by atoms with van der Waals surface area (Å²) in [5, 5.41) is 9.90. The number of thioether (sulfide) groups is 1. The fourth-order valence-corrected chi connectivity index (χ4v) is 7.43. The van der Waals surface area contributed by atoms with E-state index in [0.717, 1.165) is 11.3 Å². The minimum atomic E-state index is -1.66. The van der Waals surface area contributed by atoms with Crippen molar-refractivity contribution >= 4 is 81.2 Å². The normalized spacial score (nSPS) is 17.0. The summed E-state index contributed by atoms with van der Waals surface area (Å²) in [4.78, 5) is 89.7. The number of β-lactam (4-membered cyclic amide) rings is 1. The third-order valence-electron chi connectivity index (χ3n) is 7.99. The fraction of sp³-hybridized carbons (Fsp3) is 0.368. The van der Waals surface area contributed by atoms with Crippen LogP contribution in [0.4, 0.5) is 5.13 Å². The maximum atomic E-state index is 14.2. The zero-order valence-electron chi connectivity index (χ0n) is 31.3. The molecule has 1 saturated heterocycles. The van der Waals surface area contributed by atoms with Crippen molar-refractivity contribution in [2.45, 2.75) is 70.3 Å². The van der Waals surface area contributed by atoms with Crippen molar-refractivity contribution in [1.82, 2.24) is 15.2 Å². The van der Waals surface area contributed by atoms with Gasteiger partial charge in [-0.25, -0.2) is 14.6 Å². The molecule has 56 heavy (non-hydrogen) atoms. The molecule has 2 N–H and O–H groups in total. The number of halogens is 1. The number of anilines is 1. The number of fused-ring (bicyclic) bond motifs is 1. The highest BCUT2D eigenvalue weighted by Crippen LogP contribution is 2.42. The van der Waals surface area contributed by atoms with Crippen LogP contribution in [0.1, 0.15) is 64.5 Å². The van der Waals surface area contributed by atoms with Gasteiger partial charge in [0.05, 0.1) is 0 Å². The Balaban J connectivity index is 1.42. The molecule has 18 heteroatoms. The van der Waals surface area contributed by atoms with Crippen molar-refractivity contribution in [3.63, 3.8) is 0 Å². The first kappa shape index (κ1) is 41.9. The number of amides is 3. The van der Waals surface area contributed by atoms with E-state index in [4.69, 9.17) is 30.6 Å². The second-order valence-corrected chi connectivity index (χ2v) is 16.2. The number of oxime groups is 1. The predicted octanol–water partition coefficient (Wildman–Crippen LogP) is 4.71. The topological polar surface area (TPSA) is 192 Å². The van der Waals surface area contributed by atoms with Crippen molar-refractivity contribution in [1.29, 1.82) is 0 Å². The standard InChI is InChI=1S/C38H40ClN5O10S2/c1-21(45)51-18-24-19-55-33-28(32(48)44(33)29(24)34(49)52-30(22-13-9-7-10-14-22)23-15-11-8-12-16-23)42-31(47)27(25-20-56-36(40-25)41-26(46)17-39)43-54-38(5,6)35(50)53-37(2,3)4/h7-16,20,28,30,33H,17-19H2,1-6H3,(H,42,47)(H,40,41,46)/b43-27-/t28-,33-/m1/s1. The molecule has 0 aliphatic carbocycles. The summed E-state index contributed by atoms with van der Waals surface area (Å²) in [5.74, 6) is -4.46. The van der Waals surface area contributed by atoms with Gasteiger partial charge in [0.15, 0.2) is 16.9 Å². The molecule has 2 atom stereocenters. The molecule has 0 saturated carbocycles. The van der Waals surface area contributed by atoms with E-state index in [9.17, 15) is 28.8 Å². The third kappa shape index (κ3) is 10.1. The van der Waals surface area contributed by atoms with Crippen LogP contribution in [0.25, 0.3) is 0 Å². The fourth-order valence-electron chi connectivity index (χ4n) is 5.32. The number of aromatic nitrogens is 1. The van der Waals surface area contributed by atoms with Crippen molar-refractivity contribution in [2.24, 2.45) is 5.16 Å². The van der Waals surface area contributed by atoms with Crippen LogP contribution < -0.4 is 10.6 Å². The highest BCUT2D eigenvalue weighted by atomic mass is 35.5. The molecule has 5 rings (SSSR count). The number of rotatable bonds is 14. The van der Waals surface area contributed by atoms with Crippen LogP contribution >= 0.6 is 34.7 Å². The van der Waals surface area contributed by atoms with Crippen molar-refractivity contribution in [3.05, 3.63) is 94.1 Å². The first-order valence-corrected chi connectivity index (χ1v) is 19.7. The summed E-state index contributed by atoms with van der Waals surface area (Å²) in [6.45, 7) is 8.81. The molecule has 0 unspecified atom stereocenters. The van der Waals surface area contributed by atoms with Gasteiger partial charge in [-0.2, -0.15) is 0 Å². The molecule has 2 aliphatic heterocycles. The number of esters is 3. The van der Waals surface area contributed by atoms with E-state index in [2.05, 4.69) is 20.8 Å². The molecule has 0 spiro atoms. The van der Waals surface area contributed by atoms with Gasteiger partial charge in [0.1, 0.15) is 40.9 Å². The molecule has 1 fully saturated rings. The molecule has 15 nitrogen and oxygen atoms in total. The quantitative estimate of drug-likeness (QED) is 0.0569. The van der Waals surface area contributed by atoms with Gasteiger partial charge in [0.25, 0.3) is 11.8 Å². The molecule has 296 valence electrons. The van der Waals surface area contributed by atoms with Crippen LogP contribution in [0, 0.1) is 0 Å². The Bertz CT molecular complexity index is 2010. The number of carbonyl (C=O) groups excluding carboxylic acids is 6. The van der Waals surface area contributed by atoms with Gasteiger partial charge >= 0.3 is 17.9 Å². The lowest BCUT2D eigenvalue weighted by atomic mass is 10.0. The van der Waals surface area contributed by atoms with E-state index in [0.29, 0.717) is 16.7 Å². The van der Waals surface area contributed by atoms with Crippen LogP contribution in [0.15, 0.2) is 82.5 Å². The summed E-state index contributed by atoms with van der Waals surface area (Å²) in [5.41, 5.74) is -1.35. The lowest BCUT2D eigenvalue weighted by Crippen LogP contribution is -2.71. The Kier molecular flexibility index (Phi) is 13.2. The SMILES string of the molecule is CC(=O)OCC1=C(C(=O)OC(c2ccccc2)c2ccccc2)N2C(=O)[C@@H](NC(=O)/C(=N\OC(C)(C)C(=O)OC(C)(C)C)c3csc(NC(=O)CCl)n3)[C@H]2SC1. The summed E-state index contributed by atoms with van der Waals surface area (Å²) in [7, 11) is 0. The number of alkyl halides is 1. The molecule has 2 aromatic carbocycles. The van der Waals surface area contributed by atoms with Gasteiger partial charge in [-0.15, -0.1) is 34.7 Å². The van der Waals surface area contributed by atoms with E-state index in [1.54, 1.807) is 20.8 Å². The number of carbonyl (C=O) groups is 6. The number of nitrogens with one attached hydrogen (secondary N) is 2. The van der Waals surface area contributed by atoms with Gasteiger partial charge < -0.3 is 29.7 Å². The zero-order chi connectivity index (χ0) is 40.8. The van der Waals surface area contributed by atoms with Gasteiger partial charge in [-0.3, -0.25) is 24.1 Å². The lowest BCUT2D eigenvalue weighted by Gasteiger charge is -2.49. The molecule has 1 aromatic heterocycles. The highest BCUT2D eigenvalue weighted by Gasteiger charge is 2.55. The van der Waals surface area contributed by atoms with E-state index in [1.165, 1.54) is 42.8 Å². The maximum absolute atomic E-state index is 14.2.